The van der Waals surface area contributed by atoms with Crippen LogP contribution in [0.25, 0.3) is 0 Å². The highest BCUT2D eigenvalue weighted by Crippen LogP contribution is 2.02. The zero-order valence-corrected chi connectivity index (χ0v) is 8.95. The highest BCUT2D eigenvalue weighted by atomic mass is 16.5. The molecular formula is C10H22O3. The van der Waals surface area contributed by atoms with Crippen molar-refractivity contribution in [2.45, 2.75) is 45.3 Å². The van der Waals surface area contributed by atoms with Crippen molar-refractivity contribution < 1.29 is 14.6 Å². The third-order valence-electron chi connectivity index (χ3n) is 1.88. The Labute approximate surface area is 81.0 Å². The van der Waals surface area contributed by atoms with Crippen molar-refractivity contribution in [3.63, 3.8) is 0 Å². The Morgan fingerprint density at radius 3 is 2.54 bits per heavy atom. The van der Waals surface area contributed by atoms with Crippen LogP contribution in [0, 0.1) is 0 Å². The molecule has 3 heteroatoms. The minimum atomic E-state index is -0.320. The molecule has 1 N–H and O–H groups in total. The topological polar surface area (TPSA) is 38.7 Å². The number of aliphatic hydroxyl groups is 1. The maximum absolute atomic E-state index is 9.12. The van der Waals surface area contributed by atoms with Crippen LogP contribution >= 0.6 is 0 Å². The van der Waals surface area contributed by atoms with Gasteiger partial charge in [-0.15, -0.1) is 0 Å². The minimum absolute atomic E-state index is 0.0249. The van der Waals surface area contributed by atoms with Crippen molar-refractivity contribution in [1.82, 2.24) is 0 Å². The lowest BCUT2D eigenvalue weighted by Crippen LogP contribution is -2.23. The van der Waals surface area contributed by atoms with E-state index in [2.05, 4.69) is 6.92 Å². The predicted octanol–water partition coefficient (Wildman–Crippen LogP) is 1.59. The molecule has 0 amide bonds. The van der Waals surface area contributed by atoms with Crippen LogP contribution in [0.15, 0.2) is 0 Å². The summed E-state index contributed by atoms with van der Waals surface area (Å²) in [7, 11) is 1.65. The molecule has 2 unspecified atom stereocenters. The summed E-state index contributed by atoms with van der Waals surface area (Å²) >= 11 is 0. The first-order valence-electron chi connectivity index (χ1n) is 4.99. The zero-order chi connectivity index (χ0) is 10.1. The number of ether oxygens (including phenoxy) is 2. The Balaban J connectivity index is 3.36. The standard InChI is InChI=1S/C10H22O3/c1-4-5-6-13-8-10(12-3)7-9(2)11/h9-11H,4-8H2,1-3H3. The van der Waals surface area contributed by atoms with Crippen molar-refractivity contribution in [3.05, 3.63) is 0 Å². The average molecular weight is 190 g/mol. The fourth-order valence-electron chi connectivity index (χ4n) is 1.07. The molecular weight excluding hydrogens is 168 g/mol. The van der Waals surface area contributed by atoms with E-state index in [1.165, 1.54) is 0 Å². The molecule has 0 rings (SSSR count). The van der Waals surface area contributed by atoms with Gasteiger partial charge in [-0.25, -0.2) is 0 Å². The fourth-order valence-corrected chi connectivity index (χ4v) is 1.07. The van der Waals surface area contributed by atoms with Crippen LogP contribution in [0.2, 0.25) is 0 Å². The molecule has 3 nitrogen and oxygen atoms in total. The largest absolute Gasteiger partial charge is 0.393 e. The van der Waals surface area contributed by atoms with Gasteiger partial charge in [-0.05, 0) is 13.3 Å². The van der Waals surface area contributed by atoms with E-state index >= 15 is 0 Å². The molecule has 0 saturated heterocycles. The molecule has 0 aromatic heterocycles. The van der Waals surface area contributed by atoms with Crippen LogP contribution in [0.4, 0.5) is 0 Å². The number of rotatable bonds is 8. The second-order valence-corrected chi connectivity index (χ2v) is 3.37. The van der Waals surface area contributed by atoms with Crippen LogP contribution in [-0.4, -0.2) is 37.6 Å². The molecule has 0 fully saturated rings. The summed E-state index contributed by atoms with van der Waals surface area (Å²) < 4.78 is 10.5. The summed E-state index contributed by atoms with van der Waals surface area (Å²) in [5, 5.41) is 9.12. The van der Waals surface area contributed by atoms with Crippen LogP contribution < -0.4 is 0 Å². The molecule has 0 aromatic carbocycles. The first-order chi connectivity index (χ1) is 6.20. The zero-order valence-electron chi connectivity index (χ0n) is 8.95. The summed E-state index contributed by atoms with van der Waals surface area (Å²) in [6, 6.07) is 0. The molecule has 13 heavy (non-hydrogen) atoms. The van der Waals surface area contributed by atoms with Crippen molar-refractivity contribution in [3.8, 4) is 0 Å². The van der Waals surface area contributed by atoms with Gasteiger partial charge in [0.15, 0.2) is 0 Å². The Hall–Kier alpha value is -0.120. The van der Waals surface area contributed by atoms with Crippen molar-refractivity contribution >= 4 is 0 Å². The van der Waals surface area contributed by atoms with Crippen LogP contribution in [0.3, 0.4) is 0 Å². The summed E-state index contributed by atoms with van der Waals surface area (Å²) in [4.78, 5) is 0. The summed E-state index contributed by atoms with van der Waals surface area (Å²) in [5.74, 6) is 0. The van der Waals surface area contributed by atoms with Crippen molar-refractivity contribution in [2.75, 3.05) is 20.3 Å². The first-order valence-corrected chi connectivity index (χ1v) is 4.99. The van der Waals surface area contributed by atoms with Gasteiger partial charge in [0.2, 0.25) is 0 Å². The lowest BCUT2D eigenvalue weighted by molar-refractivity contribution is -0.0155. The monoisotopic (exact) mass is 190 g/mol. The molecule has 0 bridgehead atoms. The second kappa shape index (κ2) is 8.48. The smallest absolute Gasteiger partial charge is 0.0829 e. The van der Waals surface area contributed by atoms with Crippen LogP contribution in [-0.2, 0) is 9.47 Å². The van der Waals surface area contributed by atoms with E-state index in [1.807, 2.05) is 0 Å². The van der Waals surface area contributed by atoms with Gasteiger partial charge in [-0.2, -0.15) is 0 Å². The second-order valence-electron chi connectivity index (χ2n) is 3.37. The average Bonchev–Trinajstić information content (AvgIpc) is 2.09. The van der Waals surface area contributed by atoms with Gasteiger partial charge in [0, 0.05) is 20.1 Å². The number of aliphatic hydroxyl groups excluding tert-OH is 1. The molecule has 0 aromatic rings. The van der Waals surface area contributed by atoms with Crippen molar-refractivity contribution in [2.24, 2.45) is 0 Å². The minimum Gasteiger partial charge on any atom is -0.393 e. The Bertz CT molecular complexity index is 104. The van der Waals surface area contributed by atoms with E-state index in [-0.39, 0.29) is 12.2 Å². The maximum atomic E-state index is 9.12. The third-order valence-corrected chi connectivity index (χ3v) is 1.88. The molecule has 0 aliphatic rings. The molecule has 0 aliphatic carbocycles. The summed E-state index contributed by atoms with van der Waals surface area (Å²) in [5.41, 5.74) is 0. The Morgan fingerprint density at radius 1 is 1.38 bits per heavy atom. The normalized spacial score (nSPS) is 15.7. The van der Waals surface area contributed by atoms with Gasteiger partial charge < -0.3 is 14.6 Å². The van der Waals surface area contributed by atoms with Gasteiger partial charge in [0.05, 0.1) is 18.8 Å². The number of hydrogen-bond acceptors (Lipinski definition) is 3. The predicted molar refractivity (Wildman–Crippen MR) is 52.8 cm³/mol. The van der Waals surface area contributed by atoms with Crippen molar-refractivity contribution in [1.29, 1.82) is 0 Å². The molecule has 0 spiro atoms. The molecule has 0 saturated carbocycles. The number of unbranched alkanes of at least 4 members (excludes halogenated alkanes) is 1. The van der Waals surface area contributed by atoms with E-state index in [0.717, 1.165) is 19.4 Å². The number of hydrogen-bond donors (Lipinski definition) is 1. The summed E-state index contributed by atoms with van der Waals surface area (Å²) in [6.07, 6.45) is 2.58. The highest BCUT2D eigenvalue weighted by molar-refractivity contribution is 4.60. The third kappa shape index (κ3) is 8.22. The van der Waals surface area contributed by atoms with Gasteiger partial charge in [0.25, 0.3) is 0 Å². The van der Waals surface area contributed by atoms with E-state index in [0.29, 0.717) is 13.0 Å². The maximum Gasteiger partial charge on any atom is 0.0829 e. The van der Waals surface area contributed by atoms with Crippen LogP contribution in [0.5, 0.6) is 0 Å². The van der Waals surface area contributed by atoms with E-state index in [1.54, 1.807) is 14.0 Å². The van der Waals surface area contributed by atoms with Crippen LogP contribution in [0.1, 0.15) is 33.1 Å². The molecule has 0 aliphatic heterocycles. The Kier molecular flexibility index (Phi) is 8.40. The molecule has 0 radical (unpaired) electrons. The van der Waals surface area contributed by atoms with E-state index < -0.39 is 0 Å². The fraction of sp³-hybridized carbons (Fsp3) is 1.00. The highest BCUT2D eigenvalue weighted by Gasteiger charge is 2.10. The van der Waals surface area contributed by atoms with Gasteiger partial charge in [-0.3, -0.25) is 0 Å². The van der Waals surface area contributed by atoms with Gasteiger partial charge in [0.1, 0.15) is 0 Å². The first kappa shape index (κ1) is 12.9. The quantitative estimate of drug-likeness (QED) is 0.591. The van der Waals surface area contributed by atoms with Gasteiger partial charge in [-0.1, -0.05) is 13.3 Å². The molecule has 80 valence electrons. The van der Waals surface area contributed by atoms with E-state index in [9.17, 15) is 0 Å². The lowest BCUT2D eigenvalue weighted by atomic mass is 10.2. The molecule has 2 atom stereocenters. The van der Waals surface area contributed by atoms with Gasteiger partial charge >= 0.3 is 0 Å². The number of methoxy groups -OCH3 is 1. The SMILES string of the molecule is CCCCOCC(CC(C)O)OC. The molecule has 0 heterocycles. The summed E-state index contributed by atoms with van der Waals surface area (Å²) in [6.45, 7) is 5.27. The lowest BCUT2D eigenvalue weighted by Gasteiger charge is -2.16. The Morgan fingerprint density at radius 2 is 2.08 bits per heavy atom. The van der Waals surface area contributed by atoms with E-state index in [4.69, 9.17) is 14.6 Å².